The Labute approximate surface area is 112 Å². The van der Waals surface area contributed by atoms with Crippen molar-refractivity contribution in [2.75, 3.05) is 0 Å². The Balaban J connectivity index is 2.28. The topological polar surface area (TPSA) is 35.0 Å². The van der Waals surface area contributed by atoms with Gasteiger partial charge < -0.3 is 4.74 Å². The van der Waals surface area contributed by atoms with Gasteiger partial charge in [-0.05, 0) is 42.1 Å². The molecule has 1 aromatic carbocycles. The Hall–Kier alpha value is -1.61. The van der Waals surface area contributed by atoms with Gasteiger partial charge in [0.1, 0.15) is 5.75 Å². The van der Waals surface area contributed by atoms with Crippen LogP contribution in [0.2, 0.25) is 5.28 Å². The van der Waals surface area contributed by atoms with E-state index in [-0.39, 0.29) is 5.28 Å². The van der Waals surface area contributed by atoms with Crippen molar-refractivity contribution in [1.29, 1.82) is 0 Å². The Kier molecular flexibility index (Phi) is 3.82. The van der Waals surface area contributed by atoms with Crippen molar-refractivity contribution >= 4 is 11.6 Å². The number of rotatable bonds is 3. The van der Waals surface area contributed by atoms with Gasteiger partial charge in [0.15, 0.2) is 0 Å². The SMILES string of the molecule is Cc1cnc(Cl)nc1Oc1cccc(C(C)C)c1. The highest BCUT2D eigenvalue weighted by atomic mass is 35.5. The molecule has 1 aromatic heterocycles. The maximum atomic E-state index is 5.76. The summed E-state index contributed by atoms with van der Waals surface area (Å²) in [6, 6.07) is 7.97. The van der Waals surface area contributed by atoms with E-state index in [1.54, 1.807) is 6.20 Å². The Morgan fingerprint density at radius 2 is 2.06 bits per heavy atom. The molecule has 0 spiro atoms. The van der Waals surface area contributed by atoms with Crippen LogP contribution in [-0.4, -0.2) is 9.97 Å². The minimum atomic E-state index is 0.190. The van der Waals surface area contributed by atoms with Crippen LogP contribution >= 0.6 is 11.6 Å². The largest absolute Gasteiger partial charge is 0.439 e. The Morgan fingerprint density at radius 1 is 1.28 bits per heavy atom. The Bertz CT molecular complexity index is 555. The van der Waals surface area contributed by atoms with E-state index in [1.165, 1.54) is 5.56 Å². The van der Waals surface area contributed by atoms with E-state index in [1.807, 2.05) is 25.1 Å². The lowest BCUT2D eigenvalue weighted by atomic mass is 10.0. The standard InChI is InChI=1S/C14H15ClN2O/c1-9(2)11-5-4-6-12(7-11)18-13-10(3)8-16-14(15)17-13/h4-9H,1-3H3. The molecule has 0 amide bonds. The minimum Gasteiger partial charge on any atom is -0.439 e. The van der Waals surface area contributed by atoms with E-state index in [9.17, 15) is 0 Å². The monoisotopic (exact) mass is 262 g/mol. The summed E-state index contributed by atoms with van der Waals surface area (Å²) in [6.45, 7) is 6.18. The Morgan fingerprint density at radius 3 is 2.78 bits per heavy atom. The number of hydrogen-bond acceptors (Lipinski definition) is 3. The average molecular weight is 263 g/mol. The smallest absolute Gasteiger partial charge is 0.226 e. The molecule has 2 rings (SSSR count). The zero-order valence-electron chi connectivity index (χ0n) is 10.6. The van der Waals surface area contributed by atoms with E-state index in [4.69, 9.17) is 16.3 Å². The maximum absolute atomic E-state index is 5.76. The van der Waals surface area contributed by atoms with Crippen LogP contribution in [0.1, 0.15) is 30.9 Å². The van der Waals surface area contributed by atoms with Gasteiger partial charge in [0.25, 0.3) is 0 Å². The second-order valence-corrected chi connectivity index (χ2v) is 4.79. The van der Waals surface area contributed by atoms with Crippen LogP contribution in [-0.2, 0) is 0 Å². The molecule has 4 heteroatoms. The third kappa shape index (κ3) is 2.99. The van der Waals surface area contributed by atoms with E-state index in [0.29, 0.717) is 11.8 Å². The highest BCUT2D eigenvalue weighted by Crippen LogP contribution is 2.26. The van der Waals surface area contributed by atoms with Crippen LogP contribution in [0.3, 0.4) is 0 Å². The van der Waals surface area contributed by atoms with E-state index >= 15 is 0 Å². The molecule has 0 aliphatic rings. The summed E-state index contributed by atoms with van der Waals surface area (Å²) in [5.41, 5.74) is 2.08. The molecule has 0 atom stereocenters. The fraction of sp³-hybridized carbons (Fsp3) is 0.286. The van der Waals surface area contributed by atoms with Gasteiger partial charge in [0.05, 0.1) is 0 Å². The molecule has 0 unspecified atom stereocenters. The van der Waals surface area contributed by atoms with Gasteiger partial charge in [-0.2, -0.15) is 4.98 Å². The summed E-state index contributed by atoms with van der Waals surface area (Å²) in [5.74, 6) is 1.72. The van der Waals surface area contributed by atoms with Crippen molar-refractivity contribution in [3.63, 3.8) is 0 Å². The van der Waals surface area contributed by atoms with Crippen molar-refractivity contribution in [2.45, 2.75) is 26.7 Å². The predicted molar refractivity (Wildman–Crippen MR) is 72.4 cm³/mol. The highest BCUT2D eigenvalue weighted by molar-refractivity contribution is 6.28. The lowest BCUT2D eigenvalue weighted by Crippen LogP contribution is -1.95. The van der Waals surface area contributed by atoms with Crippen molar-refractivity contribution in [2.24, 2.45) is 0 Å². The third-order valence-corrected chi connectivity index (χ3v) is 2.82. The zero-order valence-corrected chi connectivity index (χ0v) is 11.4. The molecule has 2 aromatic rings. The molecule has 94 valence electrons. The summed E-state index contributed by atoms with van der Waals surface area (Å²) in [5, 5.41) is 0.190. The summed E-state index contributed by atoms with van der Waals surface area (Å²) >= 11 is 5.76. The van der Waals surface area contributed by atoms with Crippen molar-refractivity contribution in [3.05, 3.63) is 46.9 Å². The summed E-state index contributed by atoms with van der Waals surface area (Å²) in [4.78, 5) is 7.98. The first kappa shape index (κ1) is 12.8. The molecule has 0 fully saturated rings. The molecule has 0 N–H and O–H groups in total. The van der Waals surface area contributed by atoms with Crippen molar-refractivity contribution < 1.29 is 4.74 Å². The van der Waals surface area contributed by atoms with Gasteiger partial charge in [-0.15, -0.1) is 0 Å². The van der Waals surface area contributed by atoms with Crippen LogP contribution in [0.25, 0.3) is 0 Å². The van der Waals surface area contributed by atoms with Gasteiger partial charge in [-0.1, -0.05) is 26.0 Å². The van der Waals surface area contributed by atoms with E-state index in [2.05, 4.69) is 29.9 Å². The van der Waals surface area contributed by atoms with Crippen LogP contribution < -0.4 is 4.74 Å². The van der Waals surface area contributed by atoms with Gasteiger partial charge in [-0.25, -0.2) is 4.98 Å². The van der Waals surface area contributed by atoms with Gasteiger partial charge in [-0.3, -0.25) is 0 Å². The average Bonchev–Trinajstić information content (AvgIpc) is 2.34. The maximum Gasteiger partial charge on any atom is 0.226 e. The van der Waals surface area contributed by atoms with Gasteiger partial charge >= 0.3 is 0 Å². The molecule has 0 bridgehead atoms. The molecular weight excluding hydrogens is 248 g/mol. The number of aromatic nitrogens is 2. The molecule has 0 radical (unpaired) electrons. The molecule has 0 saturated heterocycles. The number of nitrogens with zero attached hydrogens (tertiary/aromatic N) is 2. The molecule has 18 heavy (non-hydrogen) atoms. The number of hydrogen-bond donors (Lipinski definition) is 0. The molecule has 1 heterocycles. The van der Waals surface area contributed by atoms with Crippen molar-refractivity contribution in [1.82, 2.24) is 9.97 Å². The number of aryl methyl sites for hydroxylation is 1. The number of halogens is 1. The molecular formula is C14H15ClN2O. The minimum absolute atomic E-state index is 0.190. The van der Waals surface area contributed by atoms with Crippen LogP contribution in [0.15, 0.2) is 30.5 Å². The lowest BCUT2D eigenvalue weighted by Gasteiger charge is -2.10. The van der Waals surface area contributed by atoms with Crippen LogP contribution in [0.4, 0.5) is 0 Å². The second kappa shape index (κ2) is 5.36. The molecule has 3 nitrogen and oxygen atoms in total. The zero-order chi connectivity index (χ0) is 13.1. The highest BCUT2D eigenvalue weighted by Gasteiger charge is 2.06. The van der Waals surface area contributed by atoms with E-state index in [0.717, 1.165) is 11.3 Å². The normalized spacial score (nSPS) is 10.7. The summed E-state index contributed by atoms with van der Waals surface area (Å²) in [6.07, 6.45) is 1.65. The van der Waals surface area contributed by atoms with Crippen molar-refractivity contribution in [3.8, 4) is 11.6 Å². The summed E-state index contributed by atoms with van der Waals surface area (Å²) in [7, 11) is 0. The fourth-order valence-electron chi connectivity index (χ4n) is 1.56. The lowest BCUT2D eigenvalue weighted by molar-refractivity contribution is 0.456. The van der Waals surface area contributed by atoms with E-state index < -0.39 is 0 Å². The molecule has 0 saturated carbocycles. The van der Waals surface area contributed by atoms with Gasteiger partial charge in [0, 0.05) is 11.8 Å². The van der Waals surface area contributed by atoms with Gasteiger partial charge in [0.2, 0.25) is 11.2 Å². The molecule has 0 aliphatic heterocycles. The summed E-state index contributed by atoms with van der Waals surface area (Å²) < 4.78 is 5.75. The first-order chi connectivity index (χ1) is 8.56. The first-order valence-electron chi connectivity index (χ1n) is 5.83. The second-order valence-electron chi connectivity index (χ2n) is 4.46. The number of ether oxygens (including phenoxy) is 1. The number of benzene rings is 1. The van der Waals surface area contributed by atoms with Crippen LogP contribution in [0, 0.1) is 6.92 Å². The quantitative estimate of drug-likeness (QED) is 0.771. The first-order valence-corrected chi connectivity index (χ1v) is 6.21. The van der Waals surface area contributed by atoms with Crippen LogP contribution in [0.5, 0.6) is 11.6 Å². The third-order valence-electron chi connectivity index (χ3n) is 2.64. The fourth-order valence-corrected chi connectivity index (χ4v) is 1.68. The molecule has 0 aliphatic carbocycles. The predicted octanol–water partition coefficient (Wildman–Crippen LogP) is 4.35.